The number of rotatable bonds is 5. The summed E-state index contributed by atoms with van der Waals surface area (Å²) < 4.78 is 43.9. The van der Waals surface area contributed by atoms with Crippen molar-refractivity contribution in [1.29, 1.82) is 0 Å². The van der Waals surface area contributed by atoms with E-state index in [9.17, 15) is 22.8 Å². The molecule has 4 nitrogen and oxygen atoms in total. The van der Waals surface area contributed by atoms with E-state index in [-0.39, 0.29) is 5.02 Å². The van der Waals surface area contributed by atoms with Crippen molar-refractivity contribution in [1.82, 2.24) is 0 Å². The number of hydrogen-bond donors (Lipinski definition) is 1. The molecular formula is C16H11ClF3NO3. The van der Waals surface area contributed by atoms with E-state index >= 15 is 0 Å². The Bertz CT molecular complexity index is 745. The van der Waals surface area contributed by atoms with Crippen LogP contribution in [0.1, 0.15) is 15.9 Å². The molecule has 0 spiro atoms. The molecule has 0 aromatic heterocycles. The van der Waals surface area contributed by atoms with Crippen molar-refractivity contribution in [3.05, 3.63) is 58.6 Å². The third kappa shape index (κ3) is 4.48. The van der Waals surface area contributed by atoms with E-state index in [1.54, 1.807) is 0 Å². The first kappa shape index (κ1) is 17.8. The first-order valence-corrected chi connectivity index (χ1v) is 7.02. The van der Waals surface area contributed by atoms with E-state index in [0.29, 0.717) is 17.6 Å². The van der Waals surface area contributed by atoms with Gasteiger partial charge >= 0.3 is 6.18 Å². The number of nitrogens with one attached hydrogen (secondary N) is 1. The maximum atomic E-state index is 12.9. The van der Waals surface area contributed by atoms with Crippen LogP contribution in [0.4, 0.5) is 18.9 Å². The van der Waals surface area contributed by atoms with Gasteiger partial charge in [-0.15, -0.1) is 0 Å². The Kier molecular flexibility index (Phi) is 5.46. The summed E-state index contributed by atoms with van der Waals surface area (Å²) >= 11 is 5.74. The van der Waals surface area contributed by atoms with Gasteiger partial charge in [0.25, 0.3) is 5.91 Å². The highest BCUT2D eigenvalue weighted by atomic mass is 35.5. The van der Waals surface area contributed by atoms with E-state index in [1.807, 2.05) is 0 Å². The van der Waals surface area contributed by atoms with Gasteiger partial charge in [0.15, 0.2) is 6.61 Å². The van der Waals surface area contributed by atoms with Gasteiger partial charge in [-0.25, -0.2) is 0 Å². The molecule has 2 rings (SSSR count). The first-order valence-electron chi connectivity index (χ1n) is 6.65. The Balaban J connectivity index is 2.06. The maximum Gasteiger partial charge on any atom is 0.418 e. The van der Waals surface area contributed by atoms with Crippen molar-refractivity contribution in [2.75, 3.05) is 11.9 Å². The summed E-state index contributed by atoms with van der Waals surface area (Å²) in [4.78, 5) is 22.3. The lowest BCUT2D eigenvalue weighted by atomic mass is 10.1. The molecule has 0 aliphatic heterocycles. The van der Waals surface area contributed by atoms with Crippen molar-refractivity contribution < 1.29 is 27.5 Å². The van der Waals surface area contributed by atoms with E-state index in [2.05, 4.69) is 5.32 Å². The van der Waals surface area contributed by atoms with Gasteiger partial charge in [0.05, 0.1) is 16.3 Å². The smallest absolute Gasteiger partial charge is 0.418 e. The average Bonchev–Trinajstić information content (AvgIpc) is 2.54. The van der Waals surface area contributed by atoms with Crippen LogP contribution in [0.25, 0.3) is 0 Å². The van der Waals surface area contributed by atoms with Crippen LogP contribution < -0.4 is 10.1 Å². The summed E-state index contributed by atoms with van der Waals surface area (Å²) in [5.41, 5.74) is -1.13. The lowest BCUT2D eigenvalue weighted by Gasteiger charge is -2.15. The Morgan fingerprint density at radius 3 is 2.42 bits per heavy atom. The minimum absolute atomic E-state index is 0.228. The monoisotopic (exact) mass is 357 g/mol. The molecule has 2 aromatic rings. The van der Waals surface area contributed by atoms with E-state index < -0.39 is 29.9 Å². The van der Waals surface area contributed by atoms with Crippen LogP contribution in [0, 0.1) is 0 Å². The molecule has 0 saturated carbocycles. The van der Waals surface area contributed by atoms with Gasteiger partial charge in [0, 0.05) is 5.56 Å². The number of carbonyl (C=O) groups excluding carboxylic acids is 2. The van der Waals surface area contributed by atoms with Gasteiger partial charge in [0.2, 0.25) is 0 Å². The Labute approximate surface area is 140 Å². The lowest BCUT2D eigenvalue weighted by molar-refractivity contribution is -0.137. The molecule has 0 aliphatic rings. The van der Waals surface area contributed by atoms with Crippen LogP contribution in [-0.2, 0) is 11.0 Å². The molecule has 24 heavy (non-hydrogen) atoms. The number of ether oxygens (including phenoxy) is 1. The molecule has 0 saturated heterocycles. The molecular weight excluding hydrogens is 347 g/mol. The number of anilines is 1. The molecule has 126 valence electrons. The minimum Gasteiger partial charge on any atom is -0.484 e. The minimum atomic E-state index is -4.65. The van der Waals surface area contributed by atoms with Crippen LogP contribution in [0.15, 0.2) is 42.5 Å². The summed E-state index contributed by atoms with van der Waals surface area (Å²) in [6, 6.07) is 9.10. The molecule has 1 amide bonds. The van der Waals surface area contributed by atoms with Crippen LogP contribution in [0.2, 0.25) is 5.02 Å². The number of hydrogen-bond acceptors (Lipinski definition) is 3. The number of alkyl halides is 3. The number of benzene rings is 2. The zero-order chi connectivity index (χ0) is 17.7. The summed E-state index contributed by atoms with van der Waals surface area (Å²) in [6.45, 7) is -0.511. The molecule has 0 fully saturated rings. The molecule has 0 atom stereocenters. The third-order valence-electron chi connectivity index (χ3n) is 2.97. The summed E-state index contributed by atoms with van der Waals surface area (Å²) in [6.07, 6.45) is -4.01. The van der Waals surface area contributed by atoms with Crippen LogP contribution in [-0.4, -0.2) is 18.8 Å². The molecule has 0 unspecified atom stereocenters. The average molecular weight is 358 g/mol. The predicted molar refractivity (Wildman–Crippen MR) is 82.4 cm³/mol. The second kappa shape index (κ2) is 7.35. The van der Waals surface area contributed by atoms with E-state index in [1.165, 1.54) is 30.3 Å². The lowest BCUT2D eigenvalue weighted by Crippen LogP contribution is -2.22. The maximum absolute atomic E-state index is 12.9. The van der Waals surface area contributed by atoms with Crippen molar-refractivity contribution in [2.45, 2.75) is 6.18 Å². The number of halogens is 4. The molecule has 0 radical (unpaired) electrons. The quantitative estimate of drug-likeness (QED) is 0.816. The first-order chi connectivity index (χ1) is 11.3. The Hall–Kier alpha value is -2.54. The van der Waals surface area contributed by atoms with Crippen molar-refractivity contribution in [2.24, 2.45) is 0 Å². The van der Waals surface area contributed by atoms with Gasteiger partial charge in [-0.05, 0) is 36.4 Å². The largest absolute Gasteiger partial charge is 0.484 e. The molecule has 2 aromatic carbocycles. The highest BCUT2D eigenvalue weighted by molar-refractivity contribution is 6.34. The van der Waals surface area contributed by atoms with Crippen LogP contribution in [0.5, 0.6) is 5.75 Å². The summed E-state index contributed by atoms with van der Waals surface area (Å²) in [7, 11) is 0. The SMILES string of the molecule is O=Cc1ccc(OCC(=O)Nc2c(Cl)cccc2C(F)(F)F)cc1. The van der Waals surface area contributed by atoms with Gasteiger partial charge < -0.3 is 10.1 Å². The zero-order valence-electron chi connectivity index (χ0n) is 12.1. The van der Waals surface area contributed by atoms with Crippen molar-refractivity contribution in [3.8, 4) is 5.75 Å². The zero-order valence-corrected chi connectivity index (χ0v) is 12.8. The molecule has 0 bridgehead atoms. The molecule has 0 aliphatic carbocycles. The van der Waals surface area contributed by atoms with Gasteiger partial charge in [-0.2, -0.15) is 13.2 Å². The molecule has 8 heteroatoms. The topological polar surface area (TPSA) is 55.4 Å². The van der Waals surface area contributed by atoms with E-state index in [0.717, 1.165) is 12.1 Å². The fourth-order valence-corrected chi connectivity index (χ4v) is 2.08. The standard InChI is InChI=1S/C16H11ClF3NO3/c17-13-3-1-2-12(16(18,19)20)15(13)21-14(23)9-24-11-6-4-10(8-22)5-7-11/h1-8H,9H2,(H,21,23). The Morgan fingerprint density at radius 1 is 1.17 bits per heavy atom. The predicted octanol–water partition coefficient (Wildman–Crippen LogP) is 4.19. The van der Waals surface area contributed by atoms with E-state index in [4.69, 9.17) is 16.3 Å². The fraction of sp³-hybridized carbons (Fsp3) is 0.125. The van der Waals surface area contributed by atoms with Crippen molar-refractivity contribution >= 4 is 29.5 Å². The van der Waals surface area contributed by atoms with Gasteiger partial charge in [0.1, 0.15) is 12.0 Å². The molecule has 0 heterocycles. The van der Waals surface area contributed by atoms with Gasteiger partial charge in [-0.3, -0.25) is 9.59 Å². The second-order valence-electron chi connectivity index (χ2n) is 4.68. The highest BCUT2D eigenvalue weighted by Crippen LogP contribution is 2.38. The fourth-order valence-electron chi connectivity index (χ4n) is 1.85. The highest BCUT2D eigenvalue weighted by Gasteiger charge is 2.34. The summed E-state index contributed by atoms with van der Waals surface area (Å²) in [5, 5.41) is 1.88. The van der Waals surface area contributed by atoms with Crippen LogP contribution in [0.3, 0.4) is 0 Å². The number of para-hydroxylation sites is 1. The van der Waals surface area contributed by atoms with Gasteiger partial charge in [-0.1, -0.05) is 17.7 Å². The Morgan fingerprint density at radius 2 is 1.83 bits per heavy atom. The van der Waals surface area contributed by atoms with Crippen LogP contribution >= 0.6 is 11.6 Å². The normalized spacial score (nSPS) is 11.0. The third-order valence-corrected chi connectivity index (χ3v) is 3.28. The number of aldehydes is 1. The van der Waals surface area contributed by atoms with Crippen molar-refractivity contribution in [3.63, 3.8) is 0 Å². The number of carbonyl (C=O) groups is 2. The summed E-state index contributed by atoms with van der Waals surface area (Å²) in [5.74, 6) is -0.501. The molecule has 1 N–H and O–H groups in total. The number of amides is 1. The second-order valence-corrected chi connectivity index (χ2v) is 5.09.